The Balaban J connectivity index is 2.01. The number of amides is 1. The van der Waals surface area contributed by atoms with Crippen molar-refractivity contribution in [1.82, 2.24) is 14.9 Å². The predicted molar refractivity (Wildman–Crippen MR) is 111 cm³/mol. The maximum atomic E-state index is 12.2. The first-order chi connectivity index (χ1) is 13.2. The van der Waals surface area contributed by atoms with Gasteiger partial charge in [0.2, 0.25) is 19.2 Å². The molecule has 0 bridgehead atoms. The number of nitrogens with two attached hydrogens (primary N) is 1. The van der Waals surface area contributed by atoms with E-state index in [1.54, 1.807) is 31.1 Å². The molecule has 2 aromatic rings. The van der Waals surface area contributed by atoms with Crippen LogP contribution in [0.25, 0.3) is 10.9 Å². The van der Waals surface area contributed by atoms with Crippen molar-refractivity contribution in [2.24, 2.45) is 0 Å². The Kier molecular flexibility index (Phi) is 7.51. The van der Waals surface area contributed by atoms with E-state index in [-0.39, 0.29) is 11.9 Å². The van der Waals surface area contributed by atoms with Gasteiger partial charge in [-0.2, -0.15) is 0 Å². The highest BCUT2D eigenvalue weighted by Gasteiger charge is 2.17. The molecule has 0 spiro atoms. The number of anilines is 2. The summed E-state index contributed by atoms with van der Waals surface area (Å²) in [7, 11) is 0.672. The minimum Gasteiger partial charge on any atom is -0.494 e. The topological polar surface area (TPSA) is 120 Å². The summed E-state index contributed by atoms with van der Waals surface area (Å²) >= 11 is 0. The van der Waals surface area contributed by atoms with E-state index in [1.807, 2.05) is 18.9 Å². The molecule has 0 saturated carbocycles. The number of carbonyl (C=O) groups is 1. The van der Waals surface area contributed by atoms with Crippen LogP contribution in [0.3, 0.4) is 0 Å². The fraction of sp³-hybridized carbons (Fsp3) is 0.389. The fourth-order valence-corrected chi connectivity index (χ4v) is 4.29. The molecule has 1 atom stereocenters. The van der Waals surface area contributed by atoms with Crippen molar-refractivity contribution in [2.45, 2.75) is 6.92 Å². The Morgan fingerprint density at radius 2 is 2.18 bits per heavy atom. The average molecular weight is 407 g/mol. The van der Waals surface area contributed by atoms with Gasteiger partial charge in [-0.15, -0.1) is 0 Å². The molecule has 1 unspecified atom stereocenters. The van der Waals surface area contributed by atoms with E-state index in [4.69, 9.17) is 15.0 Å². The molecule has 28 heavy (non-hydrogen) atoms. The van der Waals surface area contributed by atoms with Gasteiger partial charge in [0, 0.05) is 36.9 Å². The van der Waals surface area contributed by atoms with Gasteiger partial charge in [-0.25, -0.2) is 9.97 Å². The number of hydrogen-bond donors (Lipinski definition) is 2. The molecule has 3 N–H and O–H groups in total. The molecule has 1 heterocycles. The van der Waals surface area contributed by atoms with Crippen molar-refractivity contribution < 1.29 is 18.6 Å². The molecule has 0 aliphatic carbocycles. The largest absolute Gasteiger partial charge is 0.494 e. The summed E-state index contributed by atoms with van der Waals surface area (Å²) in [6.07, 6.45) is 5.01. The zero-order chi connectivity index (χ0) is 20.7. The summed E-state index contributed by atoms with van der Waals surface area (Å²) in [5, 5.41) is 3.50. The van der Waals surface area contributed by atoms with Crippen LogP contribution < -0.4 is 15.8 Å². The third kappa shape index (κ3) is 6.30. The molecule has 0 saturated heterocycles. The molecule has 152 valence electrons. The normalized spacial score (nSPS) is 13.8. The van der Waals surface area contributed by atoms with Crippen molar-refractivity contribution in [3.05, 3.63) is 30.5 Å². The highest BCUT2D eigenvalue weighted by atomic mass is 31.2. The lowest BCUT2D eigenvalue weighted by molar-refractivity contribution is -0.111. The second-order valence-electron chi connectivity index (χ2n) is 6.34. The number of fused-ring (bicyclic) bond motifs is 1. The molecule has 9 nitrogen and oxygen atoms in total. The van der Waals surface area contributed by atoms with Crippen LogP contribution in [-0.2, 0) is 13.9 Å². The van der Waals surface area contributed by atoms with Crippen LogP contribution in [0.4, 0.5) is 11.6 Å². The number of nitrogens with zero attached hydrogens (tertiary/aromatic N) is 3. The van der Waals surface area contributed by atoms with Crippen molar-refractivity contribution in [1.29, 1.82) is 0 Å². The molecule has 1 aromatic heterocycles. The zero-order valence-corrected chi connectivity index (χ0v) is 17.4. The summed E-state index contributed by atoms with van der Waals surface area (Å²) in [5.74, 6) is 0.319. The minimum atomic E-state index is -2.65. The van der Waals surface area contributed by atoms with Crippen molar-refractivity contribution in [3.8, 4) is 5.75 Å². The van der Waals surface area contributed by atoms with E-state index < -0.39 is 7.37 Å². The fourth-order valence-electron chi connectivity index (χ4n) is 2.66. The van der Waals surface area contributed by atoms with Crippen LogP contribution in [-0.4, -0.2) is 61.0 Å². The van der Waals surface area contributed by atoms with Gasteiger partial charge in [-0.05, 0) is 20.0 Å². The number of aromatic nitrogens is 2. The summed E-state index contributed by atoms with van der Waals surface area (Å²) < 4.78 is 22.7. The highest BCUT2D eigenvalue weighted by Crippen LogP contribution is 2.42. The predicted octanol–water partition coefficient (Wildman–Crippen LogP) is 2.55. The monoisotopic (exact) mass is 407 g/mol. The number of methoxy groups -OCH3 is 1. The Labute approximate surface area is 164 Å². The first-order valence-electron chi connectivity index (χ1n) is 8.71. The first kappa shape index (κ1) is 21.8. The van der Waals surface area contributed by atoms with Crippen molar-refractivity contribution in [3.63, 3.8) is 0 Å². The van der Waals surface area contributed by atoms with Crippen molar-refractivity contribution in [2.75, 3.05) is 51.3 Å². The number of nitrogen functional groups attached to an aromatic ring is 1. The molecule has 1 amide bonds. The van der Waals surface area contributed by atoms with E-state index in [1.165, 1.54) is 13.2 Å². The standard InChI is InChI=1S/C18H26N5O4P/c1-5-27-28(4,25)12-23(2)8-6-7-17(24)21-15-9-13-11-20-18(19)22-14(13)10-16(15)26-3/h6-7,9-11H,5,8,12H2,1-4H3,(H,21,24)(H2,19,20,22). The van der Waals surface area contributed by atoms with E-state index in [9.17, 15) is 9.36 Å². The number of carbonyl (C=O) groups excluding carboxylic acids is 1. The van der Waals surface area contributed by atoms with Gasteiger partial charge >= 0.3 is 0 Å². The number of ether oxygens (including phenoxy) is 1. The highest BCUT2D eigenvalue weighted by molar-refractivity contribution is 7.58. The van der Waals surface area contributed by atoms with Crippen LogP contribution in [0.2, 0.25) is 0 Å². The first-order valence-corrected chi connectivity index (χ1v) is 11.0. The van der Waals surface area contributed by atoms with Gasteiger partial charge < -0.3 is 20.3 Å². The van der Waals surface area contributed by atoms with Crippen LogP contribution in [0.15, 0.2) is 30.5 Å². The zero-order valence-electron chi connectivity index (χ0n) is 16.5. The molecule has 1 aromatic carbocycles. The molecule has 2 rings (SSSR count). The van der Waals surface area contributed by atoms with Gasteiger partial charge in [0.1, 0.15) is 5.75 Å². The number of nitrogens with one attached hydrogen (secondary N) is 1. The smallest absolute Gasteiger partial charge is 0.248 e. The maximum absolute atomic E-state index is 12.2. The van der Waals surface area contributed by atoms with Crippen molar-refractivity contribution >= 4 is 35.8 Å². The van der Waals surface area contributed by atoms with Gasteiger partial charge in [-0.1, -0.05) is 6.08 Å². The Morgan fingerprint density at radius 3 is 2.86 bits per heavy atom. The van der Waals surface area contributed by atoms with Gasteiger partial charge in [0.15, 0.2) is 0 Å². The second-order valence-corrected chi connectivity index (χ2v) is 8.91. The van der Waals surface area contributed by atoms with Crippen LogP contribution in [0, 0.1) is 0 Å². The molecule has 0 aliphatic heterocycles. The van der Waals surface area contributed by atoms with E-state index in [2.05, 4.69) is 15.3 Å². The van der Waals surface area contributed by atoms with Crippen LogP contribution >= 0.6 is 7.37 Å². The summed E-state index contributed by atoms with van der Waals surface area (Å²) in [6, 6.07) is 3.41. The number of benzene rings is 1. The lowest BCUT2D eigenvalue weighted by Gasteiger charge is -2.19. The third-order valence-corrected chi connectivity index (χ3v) is 5.57. The van der Waals surface area contributed by atoms with E-state index in [0.29, 0.717) is 36.4 Å². The lowest BCUT2D eigenvalue weighted by Crippen LogP contribution is -2.20. The average Bonchev–Trinajstić information content (AvgIpc) is 2.60. The molecular formula is C18H26N5O4P. The third-order valence-electron chi connectivity index (χ3n) is 3.76. The summed E-state index contributed by atoms with van der Waals surface area (Å²) in [5.41, 5.74) is 6.72. The number of likely N-dealkylation sites (N-methyl/N-ethyl adjacent to an activating group) is 1. The summed E-state index contributed by atoms with van der Waals surface area (Å²) in [4.78, 5) is 22.2. The van der Waals surface area contributed by atoms with E-state index >= 15 is 0 Å². The lowest BCUT2D eigenvalue weighted by atomic mass is 10.2. The molecule has 10 heteroatoms. The second kappa shape index (κ2) is 9.64. The quantitative estimate of drug-likeness (QED) is 0.481. The molecule has 0 aliphatic rings. The molecular weight excluding hydrogens is 381 g/mol. The SMILES string of the molecule is CCOP(C)(=O)CN(C)CC=CC(=O)Nc1cc2cnc(N)nc2cc1OC. The Bertz CT molecular complexity index is 918. The van der Waals surface area contributed by atoms with Gasteiger partial charge in [-0.3, -0.25) is 14.3 Å². The number of hydrogen-bond acceptors (Lipinski definition) is 8. The Morgan fingerprint density at radius 1 is 1.43 bits per heavy atom. The van der Waals surface area contributed by atoms with Crippen LogP contribution in [0.1, 0.15) is 6.92 Å². The van der Waals surface area contributed by atoms with E-state index in [0.717, 1.165) is 5.39 Å². The Hall–Kier alpha value is -2.48. The van der Waals surface area contributed by atoms with Gasteiger partial charge in [0.05, 0.1) is 31.2 Å². The molecule has 0 fully saturated rings. The van der Waals surface area contributed by atoms with Crippen LogP contribution in [0.5, 0.6) is 5.75 Å². The maximum Gasteiger partial charge on any atom is 0.248 e. The minimum absolute atomic E-state index is 0.166. The van der Waals surface area contributed by atoms with Gasteiger partial charge in [0.25, 0.3) is 0 Å². The number of rotatable bonds is 9. The molecule has 0 radical (unpaired) electrons. The summed E-state index contributed by atoms with van der Waals surface area (Å²) in [6.45, 7) is 4.28.